The molecule has 3 rings (SSSR count). The van der Waals surface area contributed by atoms with Crippen LogP contribution in [0.1, 0.15) is 55.6 Å². The Balaban J connectivity index is 1.60. The Bertz CT molecular complexity index is 482. The van der Waals surface area contributed by atoms with Crippen LogP contribution in [-0.4, -0.2) is 52.0 Å². The summed E-state index contributed by atoms with van der Waals surface area (Å²) in [6.07, 6.45) is 7.81. The van der Waals surface area contributed by atoms with Gasteiger partial charge in [0.05, 0.1) is 12.2 Å². The molecule has 0 radical (unpaired) electrons. The van der Waals surface area contributed by atoms with Crippen LogP contribution in [0.3, 0.4) is 0 Å². The van der Waals surface area contributed by atoms with Crippen molar-refractivity contribution >= 4 is 5.91 Å². The van der Waals surface area contributed by atoms with Crippen molar-refractivity contribution in [2.75, 3.05) is 26.2 Å². The Labute approximate surface area is 125 Å². The van der Waals surface area contributed by atoms with E-state index < -0.39 is 0 Å². The van der Waals surface area contributed by atoms with Gasteiger partial charge in [-0.15, -0.1) is 5.10 Å². The Morgan fingerprint density at radius 3 is 2.95 bits per heavy atom. The molecule has 0 aliphatic carbocycles. The fourth-order valence-electron chi connectivity index (χ4n) is 3.24. The molecular formula is C15H25N5O. The molecule has 1 amide bonds. The second-order valence-corrected chi connectivity index (χ2v) is 6.27. The standard InChI is InChI=1S/C15H25N5O/c1-2-4-12-5-3-7-19(8-6-12)15(21)14-11-20(18-17-14)13-9-16-10-13/h11-13,16H,2-10H2,1H3. The van der Waals surface area contributed by atoms with Crippen molar-refractivity contribution in [3.63, 3.8) is 0 Å². The van der Waals surface area contributed by atoms with Crippen molar-refractivity contribution in [3.8, 4) is 0 Å². The molecule has 21 heavy (non-hydrogen) atoms. The monoisotopic (exact) mass is 291 g/mol. The summed E-state index contributed by atoms with van der Waals surface area (Å²) in [4.78, 5) is 14.5. The lowest BCUT2D eigenvalue weighted by molar-refractivity contribution is 0.0753. The van der Waals surface area contributed by atoms with Crippen molar-refractivity contribution in [1.82, 2.24) is 25.2 Å². The summed E-state index contributed by atoms with van der Waals surface area (Å²) in [5.74, 6) is 0.829. The lowest BCUT2D eigenvalue weighted by atomic mass is 9.96. The molecule has 1 atom stereocenters. The number of carbonyl (C=O) groups excluding carboxylic acids is 1. The maximum atomic E-state index is 12.6. The molecule has 3 heterocycles. The van der Waals surface area contributed by atoms with Crippen molar-refractivity contribution in [2.45, 2.75) is 45.1 Å². The molecule has 6 heteroatoms. The van der Waals surface area contributed by atoms with Crippen LogP contribution < -0.4 is 5.32 Å². The molecule has 2 aliphatic heterocycles. The van der Waals surface area contributed by atoms with Crippen molar-refractivity contribution in [2.24, 2.45) is 5.92 Å². The van der Waals surface area contributed by atoms with Gasteiger partial charge >= 0.3 is 0 Å². The van der Waals surface area contributed by atoms with Crippen LogP contribution >= 0.6 is 0 Å². The van der Waals surface area contributed by atoms with E-state index in [2.05, 4.69) is 22.6 Å². The Morgan fingerprint density at radius 2 is 2.24 bits per heavy atom. The van der Waals surface area contributed by atoms with Gasteiger partial charge in [-0.2, -0.15) is 0 Å². The van der Waals surface area contributed by atoms with Gasteiger partial charge in [0.25, 0.3) is 5.91 Å². The molecule has 6 nitrogen and oxygen atoms in total. The summed E-state index contributed by atoms with van der Waals surface area (Å²) in [6, 6.07) is 0.358. The summed E-state index contributed by atoms with van der Waals surface area (Å²) in [7, 11) is 0. The minimum atomic E-state index is 0.0469. The number of hydrogen-bond acceptors (Lipinski definition) is 4. The highest BCUT2D eigenvalue weighted by atomic mass is 16.2. The highest BCUT2D eigenvalue weighted by Gasteiger charge is 2.25. The zero-order valence-electron chi connectivity index (χ0n) is 12.8. The van der Waals surface area contributed by atoms with E-state index in [-0.39, 0.29) is 5.91 Å². The maximum Gasteiger partial charge on any atom is 0.276 e. The molecule has 1 aromatic rings. The SMILES string of the molecule is CCCC1CCCN(C(=O)c2cn(C3CNC3)nn2)CC1. The number of amides is 1. The van der Waals surface area contributed by atoms with Crippen LogP contribution in [0.2, 0.25) is 0 Å². The Morgan fingerprint density at radius 1 is 1.38 bits per heavy atom. The largest absolute Gasteiger partial charge is 0.337 e. The molecule has 0 saturated carbocycles. The summed E-state index contributed by atoms with van der Waals surface area (Å²) >= 11 is 0. The van der Waals surface area contributed by atoms with Gasteiger partial charge in [0.2, 0.25) is 0 Å². The molecule has 0 aromatic carbocycles. The average Bonchev–Trinajstić information content (AvgIpc) is 2.76. The summed E-state index contributed by atoms with van der Waals surface area (Å²) in [6.45, 7) is 5.79. The summed E-state index contributed by atoms with van der Waals surface area (Å²) < 4.78 is 1.82. The average molecular weight is 291 g/mol. The molecule has 0 bridgehead atoms. The van der Waals surface area contributed by atoms with Crippen LogP contribution in [-0.2, 0) is 0 Å². The van der Waals surface area contributed by atoms with Crippen LogP contribution in [0.15, 0.2) is 6.20 Å². The van der Waals surface area contributed by atoms with Gasteiger partial charge in [0, 0.05) is 26.2 Å². The second kappa shape index (κ2) is 6.56. The first-order valence-corrected chi connectivity index (χ1v) is 8.19. The number of likely N-dealkylation sites (tertiary alicyclic amines) is 1. The van der Waals surface area contributed by atoms with Gasteiger partial charge < -0.3 is 10.2 Å². The number of aromatic nitrogens is 3. The number of rotatable bonds is 4. The van der Waals surface area contributed by atoms with Gasteiger partial charge in [-0.1, -0.05) is 25.0 Å². The Kier molecular flexibility index (Phi) is 4.53. The summed E-state index contributed by atoms with van der Waals surface area (Å²) in [5.41, 5.74) is 0.496. The minimum absolute atomic E-state index is 0.0469. The van der Waals surface area contributed by atoms with Gasteiger partial charge in [0.1, 0.15) is 0 Å². The van der Waals surface area contributed by atoms with Gasteiger partial charge in [-0.25, -0.2) is 4.68 Å². The van der Waals surface area contributed by atoms with Crippen molar-refractivity contribution in [1.29, 1.82) is 0 Å². The summed E-state index contributed by atoms with van der Waals surface area (Å²) in [5, 5.41) is 11.4. The quantitative estimate of drug-likeness (QED) is 0.912. The van der Waals surface area contributed by atoms with Crippen LogP contribution in [0.4, 0.5) is 0 Å². The molecule has 1 unspecified atom stereocenters. The topological polar surface area (TPSA) is 63.1 Å². The van der Waals surface area contributed by atoms with Gasteiger partial charge in [-0.3, -0.25) is 4.79 Å². The zero-order chi connectivity index (χ0) is 14.7. The predicted octanol–water partition coefficient (Wildman–Crippen LogP) is 1.46. The van der Waals surface area contributed by atoms with E-state index in [1.165, 1.54) is 19.3 Å². The number of nitrogens with one attached hydrogen (secondary N) is 1. The van der Waals surface area contributed by atoms with E-state index in [0.717, 1.165) is 44.9 Å². The third-order valence-corrected chi connectivity index (χ3v) is 4.70. The lowest BCUT2D eigenvalue weighted by Gasteiger charge is -2.26. The molecule has 116 valence electrons. The first-order chi connectivity index (χ1) is 10.3. The smallest absolute Gasteiger partial charge is 0.276 e. The number of hydrogen-bond donors (Lipinski definition) is 1. The third-order valence-electron chi connectivity index (χ3n) is 4.70. The highest BCUT2D eigenvalue weighted by molar-refractivity contribution is 5.91. The van der Waals surface area contributed by atoms with E-state index in [0.29, 0.717) is 11.7 Å². The molecule has 2 saturated heterocycles. The van der Waals surface area contributed by atoms with E-state index in [1.54, 1.807) is 0 Å². The minimum Gasteiger partial charge on any atom is -0.337 e. The Hall–Kier alpha value is -1.43. The number of nitrogens with zero attached hydrogens (tertiary/aromatic N) is 4. The predicted molar refractivity (Wildman–Crippen MR) is 80.1 cm³/mol. The molecule has 2 aliphatic rings. The van der Waals surface area contributed by atoms with E-state index in [9.17, 15) is 4.79 Å². The van der Waals surface area contributed by atoms with Crippen molar-refractivity contribution < 1.29 is 4.79 Å². The first kappa shape index (κ1) is 14.5. The normalized spacial score (nSPS) is 23.7. The first-order valence-electron chi connectivity index (χ1n) is 8.19. The van der Waals surface area contributed by atoms with Gasteiger partial charge in [0.15, 0.2) is 5.69 Å². The fourth-order valence-corrected chi connectivity index (χ4v) is 3.24. The second-order valence-electron chi connectivity index (χ2n) is 6.27. The molecule has 2 fully saturated rings. The fraction of sp³-hybridized carbons (Fsp3) is 0.800. The maximum absolute atomic E-state index is 12.6. The van der Waals surface area contributed by atoms with Crippen LogP contribution in [0.5, 0.6) is 0 Å². The molecule has 0 spiro atoms. The lowest BCUT2D eigenvalue weighted by Crippen LogP contribution is -2.43. The number of carbonyl (C=O) groups is 1. The van der Waals surface area contributed by atoms with Gasteiger partial charge in [-0.05, 0) is 25.2 Å². The van der Waals surface area contributed by atoms with Crippen LogP contribution in [0, 0.1) is 5.92 Å². The molecular weight excluding hydrogens is 266 g/mol. The van der Waals surface area contributed by atoms with E-state index in [1.807, 2.05) is 15.8 Å². The van der Waals surface area contributed by atoms with E-state index >= 15 is 0 Å². The highest BCUT2D eigenvalue weighted by Crippen LogP contribution is 2.22. The van der Waals surface area contributed by atoms with E-state index in [4.69, 9.17) is 0 Å². The third kappa shape index (κ3) is 3.26. The zero-order valence-corrected chi connectivity index (χ0v) is 12.8. The molecule has 1 N–H and O–H groups in total. The van der Waals surface area contributed by atoms with Crippen LogP contribution in [0.25, 0.3) is 0 Å². The van der Waals surface area contributed by atoms with Crippen molar-refractivity contribution in [3.05, 3.63) is 11.9 Å². The molecule has 1 aromatic heterocycles.